The third-order valence-corrected chi connectivity index (χ3v) is 5.28. The first-order valence-electron chi connectivity index (χ1n) is 7.21. The standard InChI is InChI=1S/C15H20N2O4S/c1-10-5-3-4-6-13(10)22(20,21)17-11(2)14(18)15(19)16-9-12-7-8-12/h3-6,11-12,17H,7-9H2,1-2H3,(H,16,19). The second-order valence-corrected chi connectivity index (χ2v) is 7.31. The van der Waals surface area contributed by atoms with Crippen molar-refractivity contribution in [3.05, 3.63) is 29.8 Å². The molecule has 0 spiro atoms. The zero-order valence-electron chi connectivity index (χ0n) is 12.6. The van der Waals surface area contributed by atoms with Gasteiger partial charge in [-0.05, 0) is 44.2 Å². The van der Waals surface area contributed by atoms with Crippen LogP contribution in [0.4, 0.5) is 0 Å². The van der Waals surface area contributed by atoms with Gasteiger partial charge in [0, 0.05) is 6.54 Å². The highest BCUT2D eigenvalue weighted by Gasteiger charge is 2.28. The molecule has 0 bridgehead atoms. The van der Waals surface area contributed by atoms with Crippen LogP contribution in [0, 0.1) is 12.8 Å². The van der Waals surface area contributed by atoms with Crippen molar-refractivity contribution in [1.82, 2.24) is 10.0 Å². The number of carbonyl (C=O) groups excluding carboxylic acids is 2. The number of sulfonamides is 1. The van der Waals surface area contributed by atoms with Gasteiger partial charge in [0.1, 0.15) is 0 Å². The number of rotatable bonds is 7. The predicted octanol–water partition coefficient (Wildman–Crippen LogP) is 0.757. The predicted molar refractivity (Wildman–Crippen MR) is 81.7 cm³/mol. The van der Waals surface area contributed by atoms with Crippen LogP contribution in [0.15, 0.2) is 29.2 Å². The van der Waals surface area contributed by atoms with E-state index in [-0.39, 0.29) is 4.90 Å². The Balaban J connectivity index is 2.00. The van der Waals surface area contributed by atoms with Crippen LogP contribution in [0.1, 0.15) is 25.3 Å². The first-order chi connectivity index (χ1) is 10.3. The number of Topliss-reactive ketones (excluding diaryl/α,β-unsaturated/α-hetero) is 1. The van der Waals surface area contributed by atoms with Crippen molar-refractivity contribution < 1.29 is 18.0 Å². The second-order valence-electron chi connectivity index (χ2n) is 5.63. The molecule has 2 rings (SSSR count). The molecule has 0 aliphatic heterocycles. The molecule has 1 unspecified atom stereocenters. The van der Waals surface area contributed by atoms with Crippen LogP contribution < -0.4 is 10.0 Å². The molecular formula is C15H20N2O4S. The summed E-state index contributed by atoms with van der Waals surface area (Å²) in [6.45, 7) is 3.51. The minimum atomic E-state index is -3.84. The topological polar surface area (TPSA) is 92.3 Å². The Morgan fingerprint density at radius 3 is 2.50 bits per heavy atom. The number of hydrogen-bond donors (Lipinski definition) is 2. The number of carbonyl (C=O) groups is 2. The molecule has 1 aliphatic rings. The van der Waals surface area contributed by atoms with Crippen molar-refractivity contribution in [3.63, 3.8) is 0 Å². The fraction of sp³-hybridized carbons (Fsp3) is 0.467. The van der Waals surface area contributed by atoms with Crippen LogP contribution in [0.2, 0.25) is 0 Å². The van der Waals surface area contributed by atoms with Gasteiger partial charge < -0.3 is 5.32 Å². The highest BCUT2D eigenvalue weighted by molar-refractivity contribution is 7.89. The molecule has 1 saturated carbocycles. The average Bonchev–Trinajstić information content (AvgIpc) is 3.27. The van der Waals surface area contributed by atoms with Crippen LogP contribution in [-0.2, 0) is 19.6 Å². The highest BCUT2D eigenvalue weighted by Crippen LogP contribution is 2.27. The summed E-state index contributed by atoms with van der Waals surface area (Å²) in [5.74, 6) is -1.07. The van der Waals surface area contributed by atoms with Gasteiger partial charge in [-0.2, -0.15) is 0 Å². The van der Waals surface area contributed by atoms with E-state index in [1.165, 1.54) is 13.0 Å². The molecule has 0 aromatic heterocycles. The van der Waals surface area contributed by atoms with Crippen LogP contribution in [0.3, 0.4) is 0 Å². The lowest BCUT2D eigenvalue weighted by Gasteiger charge is -2.14. The van der Waals surface area contributed by atoms with Gasteiger partial charge in [-0.3, -0.25) is 9.59 Å². The maximum atomic E-state index is 12.3. The van der Waals surface area contributed by atoms with E-state index < -0.39 is 27.8 Å². The summed E-state index contributed by atoms with van der Waals surface area (Å²) >= 11 is 0. The van der Waals surface area contributed by atoms with Crippen molar-refractivity contribution in [3.8, 4) is 0 Å². The van der Waals surface area contributed by atoms with E-state index in [9.17, 15) is 18.0 Å². The summed E-state index contributed by atoms with van der Waals surface area (Å²) in [6, 6.07) is 5.36. The van der Waals surface area contributed by atoms with E-state index >= 15 is 0 Å². The normalized spacial score (nSPS) is 16.1. The van der Waals surface area contributed by atoms with Crippen molar-refractivity contribution in [2.24, 2.45) is 5.92 Å². The fourth-order valence-corrected chi connectivity index (χ4v) is 3.50. The minimum Gasteiger partial charge on any atom is -0.349 e. The number of ketones is 1. The quantitative estimate of drug-likeness (QED) is 0.724. The molecule has 7 heteroatoms. The molecule has 1 fully saturated rings. The summed E-state index contributed by atoms with van der Waals surface area (Å²) in [5, 5.41) is 2.54. The van der Waals surface area contributed by atoms with E-state index in [0.717, 1.165) is 12.8 Å². The maximum Gasteiger partial charge on any atom is 0.289 e. The molecule has 0 radical (unpaired) electrons. The smallest absolute Gasteiger partial charge is 0.289 e. The van der Waals surface area contributed by atoms with Gasteiger partial charge in [0.25, 0.3) is 5.91 Å². The summed E-state index contributed by atoms with van der Waals surface area (Å²) < 4.78 is 26.8. The third kappa shape index (κ3) is 4.14. The average molecular weight is 324 g/mol. The lowest BCUT2D eigenvalue weighted by atomic mass is 10.2. The summed E-state index contributed by atoms with van der Waals surface area (Å²) in [6.07, 6.45) is 2.12. The van der Waals surface area contributed by atoms with E-state index in [4.69, 9.17) is 0 Å². The maximum absolute atomic E-state index is 12.3. The monoisotopic (exact) mass is 324 g/mol. The molecular weight excluding hydrogens is 304 g/mol. The Kier molecular flexibility index (Phi) is 4.97. The summed E-state index contributed by atoms with van der Waals surface area (Å²) in [5.41, 5.74) is 0.577. The fourth-order valence-electron chi connectivity index (χ4n) is 2.05. The second kappa shape index (κ2) is 6.58. The third-order valence-electron chi connectivity index (χ3n) is 3.58. The number of benzene rings is 1. The first-order valence-corrected chi connectivity index (χ1v) is 8.69. The van der Waals surface area contributed by atoms with E-state index in [1.54, 1.807) is 25.1 Å². The number of amides is 1. The molecule has 1 amide bonds. The molecule has 120 valence electrons. The zero-order valence-corrected chi connectivity index (χ0v) is 13.4. The van der Waals surface area contributed by atoms with Crippen molar-refractivity contribution in [2.75, 3.05) is 6.54 Å². The largest absolute Gasteiger partial charge is 0.349 e. The van der Waals surface area contributed by atoms with Gasteiger partial charge in [-0.25, -0.2) is 13.1 Å². The van der Waals surface area contributed by atoms with Gasteiger partial charge in [-0.15, -0.1) is 0 Å². The molecule has 1 aromatic carbocycles. The van der Waals surface area contributed by atoms with Crippen LogP contribution in [-0.4, -0.2) is 32.7 Å². The lowest BCUT2D eigenvalue weighted by molar-refractivity contribution is -0.138. The van der Waals surface area contributed by atoms with Gasteiger partial charge in [0.05, 0.1) is 10.9 Å². The Morgan fingerprint density at radius 1 is 1.27 bits per heavy atom. The molecule has 1 aromatic rings. The number of aryl methyl sites for hydroxylation is 1. The van der Waals surface area contributed by atoms with Crippen molar-refractivity contribution >= 4 is 21.7 Å². The lowest BCUT2D eigenvalue weighted by Crippen LogP contribution is -2.46. The SMILES string of the molecule is Cc1ccccc1S(=O)(=O)NC(C)C(=O)C(=O)NCC1CC1. The Morgan fingerprint density at radius 2 is 1.91 bits per heavy atom. The molecule has 1 atom stereocenters. The Labute approximate surface area is 130 Å². The number of hydrogen-bond acceptors (Lipinski definition) is 4. The molecule has 22 heavy (non-hydrogen) atoms. The molecule has 1 aliphatic carbocycles. The molecule has 0 heterocycles. The van der Waals surface area contributed by atoms with Crippen LogP contribution in [0.25, 0.3) is 0 Å². The van der Waals surface area contributed by atoms with E-state index in [1.807, 2.05) is 0 Å². The molecule has 2 N–H and O–H groups in total. The summed E-state index contributed by atoms with van der Waals surface area (Å²) in [7, 11) is -3.84. The van der Waals surface area contributed by atoms with Gasteiger partial charge in [0.15, 0.2) is 0 Å². The zero-order chi connectivity index (χ0) is 16.3. The number of nitrogens with one attached hydrogen (secondary N) is 2. The van der Waals surface area contributed by atoms with Gasteiger partial charge in [0.2, 0.25) is 15.8 Å². The van der Waals surface area contributed by atoms with Gasteiger partial charge in [-0.1, -0.05) is 18.2 Å². The highest BCUT2D eigenvalue weighted by atomic mass is 32.2. The van der Waals surface area contributed by atoms with Crippen LogP contribution in [0.5, 0.6) is 0 Å². The Bertz CT molecular complexity index is 681. The van der Waals surface area contributed by atoms with E-state index in [0.29, 0.717) is 18.0 Å². The Hall–Kier alpha value is -1.73. The van der Waals surface area contributed by atoms with Crippen molar-refractivity contribution in [2.45, 2.75) is 37.6 Å². The van der Waals surface area contributed by atoms with Gasteiger partial charge >= 0.3 is 0 Å². The molecule has 0 saturated heterocycles. The summed E-state index contributed by atoms with van der Waals surface area (Å²) in [4.78, 5) is 23.7. The molecule has 6 nitrogen and oxygen atoms in total. The first kappa shape index (κ1) is 16.6. The van der Waals surface area contributed by atoms with Crippen molar-refractivity contribution in [1.29, 1.82) is 0 Å². The van der Waals surface area contributed by atoms with E-state index in [2.05, 4.69) is 10.0 Å². The minimum absolute atomic E-state index is 0.105. The van der Waals surface area contributed by atoms with Crippen LogP contribution >= 0.6 is 0 Å².